The van der Waals surface area contributed by atoms with Gasteiger partial charge in [0, 0.05) is 24.7 Å². The maximum atomic E-state index is 12.8. The number of carbonyl (C=O) groups excluding carboxylic acids is 1. The lowest BCUT2D eigenvalue weighted by atomic mass is 9.78. The van der Waals surface area contributed by atoms with Crippen LogP contribution in [0, 0.1) is 17.8 Å². The molecule has 1 aromatic carbocycles. The summed E-state index contributed by atoms with van der Waals surface area (Å²) in [7, 11) is 0. The standard InChI is InChI=1S/C22H31N3OS/c1-14-9-11-25(12-10-14)22-24-19-8-7-17(13-20(19)27-22)21(26)23-18-6-4-5-15(2)16(18)3/h7-8,13-16,18H,4-6,9-12H2,1-3H3,(H,23,26)/t15-,16+,18-/m1/s1. The van der Waals surface area contributed by atoms with Gasteiger partial charge in [-0.25, -0.2) is 4.98 Å². The van der Waals surface area contributed by atoms with Gasteiger partial charge >= 0.3 is 0 Å². The van der Waals surface area contributed by atoms with E-state index in [4.69, 9.17) is 4.98 Å². The molecule has 3 atom stereocenters. The van der Waals surface area contributed by atoms with Gasteiger partial charge < -0.3 is 10.2 Å². The monoisotopic (exact) mass is 385 g/mol. The molecule has 1 aromatic heterocycles. The molecule has 1 aliphatic heterocycles. The van der Waals surface area contributed by atoms with E-state index < -0.39 is 0 Å². The zero-order valence-corrected chi connectivity index (χ0v) is 17.5. The van der Waals surface area contributed by atoms with Gasteiger partial charge in [-0.05, 0) is 55.2 Å². The third kappa shape index (κ3) is 3.98. The predicted molar refractivity (Wildman–Crippen MR) is 114 cm³/mol. The second-order valence-corrected chi connectivity index (χ2v) is 9.70. The maximum absolute atomic E-state index is 12.8. The van der Waals surface area contributed by atoms with Crippen molar-refractivity contribution in [3.8, 4) is 0 Å². The minimum Gasteiger partial charge on any atom is -0.349 e. The molecule has 1 saturated carbocycles. The number of fused-ring (bicyclic) bond motifs is 1. The predicted octanol–water partition coefficient (Wildman–Crippen LogP) is 5.09. The third-order valence-corrected chi connectivity index (χ3v) is 7.80. The molecule has 0 radical (unpaired) electrons. The highest BCUT2D eigenvalue weighted by Gasteiger charge is 2.28. The lowest BCUT2D eigenvalue weighted by Crippen LogP contribution is -2.43. The van der Waals surface area contributed by atoms with Crippen molar-refractivity contribution in [2.45, 2.75) is 58.9 Å². The number of thiazole rings is 1. The normalized spacial score (nSPS) is 27.1. The van der Waals surface area contributed by atoms with Gasteiger partial charge in [0.1, 0.15) is 0 Å². The average molecular weight is 386 g/mol. The minimum atomic E-state index is 0.0598. The lowest BCUT2D eigenvalue weighted by molar-refractivity contribution is 0.0891. The number of amides is 1. The summed E-state index contributed by atoms with van der Waals surface area (Å²) < 4.78 is 1.11. The molecule has 5 heteroatoms. The van der Waals surface area contributed by atoms with Crippen LogP contribution in [0.2, 0.25) is 0 Å². The number of anilines is 1. The van der Waals surface area contributed by atoms with Gasteiger partial charge in [0.25, 0.3) is 5.91 Å². The number of rotatable bonds is 3. The third-order valence-electron chi connectivity index (χ3n) is 6.72. The van der Waals surface area contributed by atoms with Crippen LogP contribution in [0.3, 0.4) is 0 Å². The number of carbonyl (C=O) groups is 1. The largest absolute Gasteiger partial charge is 0.349 e. The topological polar surface area (TPSA) is 45.2 Å². The van der Waals surface area contributed by atoms with Gasteiger partial charge in [-0.2, -0.15) is 0 Å². The van der Waals surface area contributed by atoms with Crippen molar-refractivity contribution in [1.29, 1.82) is 0 Å². The number of piperidine rings is 1. The second-order valence-electron chi connectivity index (χ2n) is 8.70. The van der Waals surface area contributed by atoms with E-state index in [1.807, 2.05) is 18.2 Å². The van der Waals surface area contributed by atoms with E-state index in [9.17, 15) is 4.79 Å². The highest BCUT2D eigenvalue weighted by atomic mass is 32.1. The first kappa shape index (κ1) is 18.7. The Hall–Kier alpha value is -1.62. The van der Waals surface area contributed by atoms with Crippen LogP contribution >= 0.6 is 11.3 Å². The Morgan fingerprint density at radius 3 is 2.70 bits per heavy atom. The molecular weight excluding hydrogens is 354 g/mol. The molecule has 2 aliphatic rings. The molecule has 0 bridgehead atoms. The Morgan fingerprint density at radius 2 is 1.93 bits per heavy atom. The Bertz CT molecular complexity index is 809. The molecule has 4 nitrogen and oxygen atoms in total. The van der Waals surface area contributed by atoms with Gasteiger partial charge in [0.05, 0.1) is 10.2 Å². The van der Waals surface area contributed by atoms with Crippen molar-refractivity contribution < 1.29 is 4.79 Å². The highest BCUT2D eigenvalue weighted by molar-refractivity contribution is 7.22. The summed E-state index contributed by atoms with van der Waals surface area (Å²) in [6.07, 6.45) is 6.06. The molecule has 27 heavy (non-hydrogen) atoms. The van der Waals surface area contributed by atoms with Gasteiger partial charge in [0.15, 0.2) is 5.13 Å². The molecule has 146 valence electrons. The Balaban J connectivity index is 1.48. The SMILES string of the molecule is CC1CCN(c2nc3ccc(C(=O)N[C@@H]4CCC[C@@H](C)[C@@H]4C)cc3s2)CC1. The molecule has 1 N–H and O–H groups in total. The Morgan fingerprint density at radius 1 is 1.15 bits per heavy atom. The first-order valence-electron chi connectivity index (χ1n) is 10.5. The Kier molecular flexibility index (Phi) is 5.40. The lowest BCUT2D eigenvalue weighted by Gasteiger charge is -2.34. The van der Waals surface area contributed by atoms with Gasteiger partial charge in [-0.15, -0.1) is 0 Å². The van der Waals surface area contributed by atoms with Crippen molar-refractivity contribution >= 4 is 32.6 Å². The van der Waals surface area contributed by atoms with Crippen LogP contribution in [-0.2, 0) is 0 Å². The fourth-order valence-electron chi connectivity index (χ4n) is 4.43. The van der Waals surface area contributed by atoms with E-state index in [-0.39, 0.29) is 5.91 Å². The van der Waals surface area contributed by atoms with E-state index in [1.54, 1.807) is 11.3 Å². The molecule has 2 fully saturated rings. The van der Waals surface area contributed by atoms with Gasteiger partial charge in [0.2, 0.25) is 0 Å². The summed E-state index contributed by atoms with van der Waals surface area (Å²) in [5.41, 5.74) is 1.76. The fourth-order valence-corrected chi connectivity index (χ4v) is 5.48. The van der Waals surface area contributed by atoms with Crippen LogP contribution in [0.25, 0.3) is 10.2 Å². The molecule has 2 aromatic rings. The van der Waals surface area contributed by atoms with Crippen LogP contribution in [0.4, 0.5) is 5.13 Å². The quantitative estimate of drug-likeness (QED) is 0.801. The van der Waals surface area contributed by atoms with Crippen molar-refractivity contribution in [3.63, 3.8) is 0 Å². The molecule has 0 unspecified atom stereocenters. The zero-order chi connectivity index (χ0) is 19.0. The van der Waals surface area contributed by atoms with E-state index in [1.165, 1.54) is 25.7 Å². The van der Waals surface area contributed by atoms with Crippen LogP contribution in [-0.4, -0.2) is 30.0 Å². The maximum Gasteiger partial charge on any atom is 0.251 e. The summed E-state index contributed by atoms with van der Waals surface area (Å²) in [5, 5.41) is 4.39. The van der Waals surface area contributed by atoms with Crippen LogP contribution in [0.15, 0.2) is 18.2 Å². The fraction of sp³-hybridized carbons (Fsp3) is 0.636. The van der Waals surface area contributed by atoms with Crippen molar-refractivity contribution in [2.24, 2.45) is 17.8 Å². The van der Waals surface area contributed by atoms with Crippen molar-refractivity contribution in [2.75, 3.05) is 18.0 Å². The van der Waals surface area contributed by atoms with E-state index >= 15 is 0 Å². The molecule has 1 amide bonds. The number of nitrogens with zero attached hydrogens (tertiary/aromatic N) is 2. The summed E-state index contributed by atoms with van der Waals surface area (Å²) in [4.78, 5) is 20.0. The molecule has 2 heterocycles. The molecule has 1 aliphatic carbocycles. The smallest absolute Gasteiger partial charge is 0.251 e. The summed E-state index contributed by atoms with van der Waals surface area (Å²) in [6, 6.07) is 6.25. The molecule has 1 saturated heterocycles. The summed E-state index contributed by atoms with van der Waals surface area (Å²) in [5.74, 6) is 2.10. The molecule has 4 rings (SSSR count). The van der Waals surface area contributed by atoms with Crippen LogP contribution in [0.5, 0.6) is 0 Å². The first-order valence-corrected chi connectivity index (χ1v) is 11.3. The zero-order valence-electron chi connectivity index (χ0n) is 16.7. The molecule has 0 spiro atoms. The summed E-state index contributed by atoms with van der Waals surface area (Å²) >= 11 is 1.72. The van der Waals surface area contributed by atoms with E-state index in [0.29, 0.717) is 17.9 Å². The second kappa shape index (κ2) is 7.78. The summed E-state index contributed by atoms with van der Waals surface area (Å²) in [6.45, 7) is 9.08. The number of hydrogen-bond acceptors (Lipinski definition) is 4. The average Bonchev–Trinajstić information content (AvgIpc) is 3.09. The highest BCUT2D eigenvalue weighted by Crippen LogP contribution is 2.33. The van der Waals surface area contributed by atoms with Crippen molar-refractivity contribution in [3.05, 3.63) is 23.8 Å². The van der Waals surface area contributed by atoms with Crippen LogP contribution in [0.1, 0.15) is 63.2 Å². The van der Waals surface area contributed by atoms with E-state index in [0.717, 1.165) is 46.3 Å². The van der Waals surface area contributed by atoms with Crippen molar-refractivity contribution in [1.82, 2.24) is 10.3 Å². The number of hydrogen-bond donors (Lipinski definition) is 1. The minimum absolute atomic E-state index is 0.0598. The molecular formula is C22H31N3OS. The van der Waals surface area contributed by atoms with Crippen LogP contribution < -0.4 is 10.2 Å². The Labute approximate surface area is 166 Å². The number of benzene rings is 1. The van der Waals surface area contributed by atoms with Gasteiger partial charge in [-0.3, -0.25) is 4.79 Å². The number of aromatic nitrogens is 1. The number of nitrogens with one attached hydrogen (secondary N) is 1. The van der Waals surface area contributed by atoms with E-state index in [2.05, 4.69) is 31.0 Å². The first-order chi connectivity index (χ1) is 13.0. The van der Waals surface area contributed by atoms with Gasteiger partial charge in [-0.1, -0.05) is 44.9 Å².